The van der Waals surface area contributed by atoms with Gasteiger partial charge >= 0.3 is 0 Å². The van der Waals surface area contributed by atoms with E-state index >= 15 is 0 Å². The van der Waals surface area contributed by atoms with Crippen molar-refractivity contribution in [2.75, 3.05) is 23.4 Å². The quantitative estimate of drug-likeness (QED) is 0.869. The van der Waals surface area contributed by atoms with Crippen molar-refractivity contribution in [3.8, 4) is 0 Å². The van der Waals surface area contributed by atoms with Gasteiger partial charge in [-0.1, -0.05) is 6.92 Å². The first-order chi connectivity index (χ1) is 8.62. The van der Waals surface area contributed by atoms with Gasteiger partial charge in [-0.25, -0.2) is 18.4 Å². The van der Waals surface area contributed by atoms with Crippen LogP contribution in [-0.4, -0.2) is 36.4 Å². The van der Waals surface area contributed by atoms with Crippen LogP contribution in [0, 0.1) is 0 Å². The highest BCUT2D eigenvalue weighted by Crippen LogP contribution is 2.24. The lowest BCUT2D eigenvalue weighted by molar-refractivity contribution is 0.597. The highest BCUT2D eigenvalue weighted by molar-refractivity contribution is 7.91. The largest absolute Gasteiger partial charge is 0.369 e. The van der Waals surface area contributed by atoms with Crippen molar-refractivity contribution in [1.29, 1.82) is 0 Å². The van der Waals surface area contributed by atoms with Crippen molar-refractivity contribution in [3.63, 3.8) is 0 Å². The number of sulfone groups is 1. The average Bonchev–Trinajstić information content (AvgIpc) is 2.39. The molecular weight excluding hydrogens is 250 g/mol. The third-order valence-corrected chi connectivity index (χ3v) is 4.98. The Morgan fingerprint density at radius 3 is 2.83 bits per heavy atom. The van der Waals surface area contributed by atoms with Gasteiger partial charge in [-0.3, -0.25) is 0 Å². The Kier molecular flexibility index (Phi) is 4.16. The molecule has 1 N–H and O–H groups in total. The summed E-state index contributed by atoms with van der Waals surface area (Å²) in [5.74, 6) is 1.16. The predicted molar refractivity (Wildman–Crippen MR) is 71.5 cm³/mol. The Balaban J connectivity index is 2.02. The summed E-state index contributed by atoms with van der Waals surface area (Å²) in [5, 5.41) is 3.13. The van der Waals surface area contributed by atoms with Crippen molar-refractivity contribution in [1.82, 2.24) is 9.97 Å². The van der Waals surface area contributed by atoms with E-state index in [4.69, 9.17) is 0 Å². The smallest absolute Gasteiger partial charge is 0.151 e. The molecule has 0 saturated heterocycles. The van der Waals surface area contributed by atoms with Gasteiger partial charge in [0.1, 0.15) is 12.1 Å². The fraction of sp³-hybridized carbons (Fsp3) is 0.667. The number of nitrogens with zero attached hydrogens (tertiary/aromatic N) is 2. The minimum absolute atomic E-state index is 0.155. The number of fused-ring (bicyclic) bond motifs is 1. The molecule has 5 nitrogen and oxygen atoms in total. The van der Waals surface area contributed by atoms with Crippen LogP contribution in [0.25, 0.3) is 0 Å². The summed E-state index contributed by atoms with van der Waals surface area (Å²) in [4.78, 5) is 8.50. The van der Waals surface area contributed by atoms with Gasteiger partial charge in [0.25, 0.3) is 0 Å². The molecule has 1 aliphatic rings. The molecule has 0 amide bonds. The summed E-state index contributed by atoms with van der Waals surface area (Å²) >= 11 is 0. The summed E-state index contributed by atoms with van der Waals surface area (Å²) in [7, 11) is -2.92. The Bertz CT molecular complexity index is 514. The van der Waals surface area contributed by atoms with Crippen LogP contribution in [0.5, 0.6) is 0 Å². The van der Waals surface area contributed by atoms with E-state index in [9.17, 15) is 8.42 Å². The zero-order valence-corrected chi connectivity index (χ0v) is 11.5. The molecule has 0 spiro atoms. The number of aryl methyl sites for hydroxylation is 1. The van der Waals surface area contributed by atoms with E-state index in [2.05, 4.69) is 15.3 Å². The number of nitrogens with one attached hydrogen (secondary N) is 1. The van der Waals surface area contributed by atoms with Crippen LogP contribution in [0.1, 0.15) is 31.0 Å². The van der Waals surface area contributed by atoms with Crippen LogP contribution < -0.4 is 5.32 Å². The number of aromatic nitrogens is 2. The molecule has 1 aromatic heterocycles. The summed E-state index contributed by atoms with van der Waals surface area (Å²) in [6, 6.07) is 0. The Labute approximate surface area is 108 Å². The van der Waals surface area contributed by atoms with Crippen LogP contribution in [0.3, 0.4) is 0 Å². The molecule has 0 aromatic carbocycles. The molecule has 1 aromatic rings. The van der Waals surface area contributed by atoms with Crippen molar-refractivity contribution in [2.45, 2.75) is 32.6 Å². The average molecular weight is 269 g/mol. The molecule has 0 fully saturated rings. The molecule has 0 saturated carbocycles. The molecule has 0 atom stereocenters. The second kappa shape index (κ2) is 5.65. The fourth-order valence-corrected chi connectivity index (χ4v) is 2.84. The first-order valence-corrected chi connectivity index (χ1v) is 8.21. The van der Waals surface area contributed by atoms with Gasteiger partial charge in [-0.15, -0.1) is 0 Å². The second-order valence-corrected chi connectivity index (χ2v) is 6.99. The van der Waals surface area contributed by atoms with E-state index < -0.39 is 9.84 Å². The van der Waals surface area contributed by atoms with E-state index in [-0.39, 0.29) is 11.5 Å². The van der Waals surface area contributed by atoms with Gasteiger partial charge in [0, 0.05) is 23.6 Å². The number of anilines is 1. The zero-order chi connectivity index (χ0) is 13.0. The van der Waals surface area contributed by atoms with E-state index in [0.29, 0.717) is 6.54 Å². The van der Waals surface area contributed by atoms with Crippen LogP contribution >= 0.6 is 0 Å². The molecule has 6 heteroatoms. The minimum Gasteiger partial charge on any atom is -0.369 e. The van der Waals surface area contributed by atoms with Gasteiger partial charge in [0.05, 0.1) is 5.75 Å². The van der Waals surface area contributed by atoms with Crippen LogP contribution in [0.4, 0.5) is 5.82 Å². The highest BCUT2D eigenvalue weighted by Gasteiger charge is 2.15. The molecule has 100 valence electrons. The Morgan fingerprint density at radius 1 is 1.28 bits per heavy atom. The van der Waals surface area contributed by atoms with Crippen molar-refractivity contribution >= 4 is 15.7 Å². The lowest BCUT2D eigenvalue weighted by Gasteiger charge is -2.17. The maximum absolute atomic E-state index is 11.4. The number of hydrogen-bond donors (Lipinski definition) is 1. The summed E-state index contributed by atoms with van der Waals surface area (Å²) < 4.78 is 22.8. The fourth-order valence-electron chi connectivity index (χ4n) is 2.14. The third kappa shape index (κ3) is 3.19. The van der Waals surface area contributed by atoms with Gasteiger partial charge in [-0.05, 0) is 25.7 Å². The molecule has 0 unspecified atom stereocenters. The van der Waals surface area contributed by atoms with Crippen molar-refractivity contribution < 1.29 is 8.42 Å². The van der Waals surface area contributed by atoms with Crippen molar-refractivity contribution in [2.24, 2.45) is 0 Å². The molecule has 2 rings (SSSR count). The van der Waals surface area contributed by atoms with Crippen LogP contribution in [-0.2, 0) is 22.7 Å². The molecule has 0 aliphatic heterocycles. The monoisotopic (exact) mass is 269 g/mol. The highest BCUT2D eigenvalue weighted by atomic mass is 32.2. The summed E-state index contributed by atoms with van der Waals surface area (Å²) in [6.45, 7) is 2.08. The van der Waals surface area contributed by atoms with Gasteiger partial charge in [0.2, 0.25) is 0 Å². The zero-order valence-electron chi connectivity index (χ0n) is 10.6. The predicted octanol–water partition coefficient (Wildman–Crippen LogP) is 1.20. The minimum atomic E-state index is -2.92. The van der Waals surface area contributed by atoms with Crippen LogP contribution in [0.2, 0.25) is 0 Å². The Hall–Kier alpha value is -1.17. The topological polar surface area (TPSA) is 72.0 Å². The van der Waals surface area contributed by atoms with E-state index in [0.717, 1.165) is 36.3 Å². The number of rotatable bonds is 5. The van der Waals surface area contributed by atoms with E-state index in [1.165, 1.54) is 6.42 Å². The van der Waals surface area contributed by atoms with Gasteiger partial charge in [-0.2, -0.15) is 0 Å². The normalized spacial score (nSPS) is 15.2. The molecule has 0 radical (unpaired) electrons. The van der Waals surface area contributed by atoms with Gasteiger partial charge in [0.15, 0.2) is 9.84 Å². The van der Waals surface area contributed by atoms with E-state index in [1.807, 2.05) is 0 Å². The second-order valence-electron chi connectivity index (χ2n) is 4.52. The number of hydrogen-bond acceptors (Lipinski definition) is 5. The molecule has 0 bridgehead atoms. The standard InChI is InChI=1S/C12H19N3O2S/c1-2-18(16,17)8-7-13-12-10-5-3-4-6-11(10)14-9-15-12/h9H,2-8H2,1H3,(H,13,14,15). The maximum atomic E-state index is 11.4. The molecular formula is C12H19N3O2S. The lowest BCUT2D eigenvalue weighted by atomic mass is 9.96. The maximum Gasteiger partial charge on any atom is 0.151 e. The molecule has 1 heterocycles. The first kappa shape index (κ1) is 13.3. The molecule has 18 heavy (non-hydrogen) atoms. The first-order valence-electron chi connectivity index (χ1n) is 6.39. The van der Waals surface area contributed by atoms with Crippen molar-refractivity contribution in [3.05, 3.63) is 17.6 Å². The third-order valence-electron chi connectivity index (χ3n) is 3.27. The lowest BCUT2D eigenvalue weighted by Crippen LogP contribution is -2.19. The molecule has 1 aliphatic carbocycles. The SMILES string of the molecule is CCS(=O)(=O)CCNc1ncnc2c1CCCC2. The van der Waals surface area contributed by atoms with E-state index in [1.54, 1.807) is 13.3 Å². The Morgan fingerprint density at radius 2 is 2.06 bits per heavy atom. The van der Waals surface area contributed by atoms with Gasteiger partial charge < -0.3 is 5.32 Å². The van der Waals surface area contributed by atoms with Crippen LogP contribution in [0.15, 0.2) is 6.33 Å². The summed E-state index contributed by atoms with van der Waals surface area (Å²) in [6.07, 6.45) is 5.87. The summed E-state index contributed by atoms with van der Waals surface area (Å²) in [5.41, 5.74) is 2.27.